The summed E-state index contributed by atoms with van der Waals surface area (Å²) in [5.74, 6) is 0.287. The van der Waals surface area contributed by atoms with Gasteiger partial charge in [0.05, 0.1) is 11.5 Å². The van der Waals surface area contributed by atoms with E-state index in [1.54, 1.807) is 0 Å². The average molecular weight is 296 g/mol. The van der Waals surface area contributed by atoms with E-state index < -0.39 is 11.5 Å². The first kappa shape index (κ1) is 16.9. The molecule has 1 amide bonds. The summed E-state index contributed by atoms with van der Waals surface area (Å²) in [6.07, 6.45) is 0. The SMILES string of the molecule is CC(C)C(C)NC(=O)COc1ccc([N+](=O)[O-])cc1CO. The number of rotatable bonds is 7. The van der Waals surface area contributed by atoms with Crippen LogP contribution in [0.25, 0.3) is 0 Å². The topological polar surface area (TPSA) is 102 Å². The van der Waals surface area contributed by atoms with E-state index in [4.69, 9.17) is 4.74 Å². The zero-order chi connectivity index (χ0) is 16.0. The van der Waals surface area contributed by atoms with Gasteiger partial charge in [0.1, 0.15) is 5.75 Å². The first-order valence-electron chi connectivity index (χ1n) is 6.65. The van der Waals surface area contributed by atoms with Gasteiger partial charge in [0, 0.05) is 23.7 Å². The first-order chi connectivity index (χ1) is 9.85. The molecule has 7 nitrogen and oxygen atoms in total. The molecule has 0 aliphatic rings. The highest BCUT2D eigenvalue weighted by molar-refractivity contribution is 5.77. The fraction of sp³-hybridized carbons (Fsp3) is 0.500. The predicted octanol–water partition coefficient (Wildman–Crippen LogP) is 1.63. The Kier molecular flexibility index (Phi) is 6.10. The predicted molar refractivity (Wildman–Crippen MR) is 77.0 cm³/mol. The second-order valence-electron chi connectivity index (χ2n) is 5.10. The average Bonchev–Trinajstić information content (AvgIpc) is 2.44. The highest BCUT2D eigenvalue weighted by atomic mass is 16.6. The number of nitro benzene ring substituents is 1. The molecule has 0 bridgehead atoms. The molecule has 1 unspecified atom stereocenters. The normalized spacial score (nSPS) is 12.0. The van der Waals surface area contributed by atoms with Gasteiger partial charge in [-0.05, 0) is 18.9 Å². The third kappa shape index (κ3) is 5.03. The first-order valence-corrected chi connectivity index (χ1v) is 6.65. The quantitative estimate of drug-likeness (QED) is 0.588. The maximum Gasteiger partial charge on any atom is 0.270 e. The molecule has 0 aromatic heterocycles. The van der Waals surface area contributed by atoms with Crippen molar-refractivity contribution in [2.75, 3.05) is 6.61 Å². The number of hydrogen-bond acceptors (Lipinski definition) is 5. The number of nitrogens with zero attached hydrogens (tertiary/aromatic N) is 1. The van der Waals surface area contributed by atoms with Crippen LogP contribution in [-0.2, 0) is 11.4 Å². The minimum Gasteiger partial charge on any atom is -0.483 e. The highest BCUT2D eigenvalue weighted by Gasteiger charge is 2.14. The Hall–Kier alpha value is -2.15. The number of hydrogen-bond donors (Lipinski definition) is 2. The van der Waals surface area contributed by atoms with Crippen molar-refractivity contribution in [3.8, 4) is 5.75 Å². The maximum atomic E-state index is 11.7. The number of benzene rings is 1. The Morgan fingerprint density at radius 2 is 2.10 bits per heavy atom. The van der Waals surface area contributed by atoms with Crippen molar-refractivity contribution in [3.63, 3.8) is 0 Å². The lowest BCUT2D eigenvalue weighted by molar-refractivity contribution is -0.385. The van der Waals surface area contributed by atoms with Crippen LogP contribution in [-0.4, -0.2) is 28.6 Å². The van der Waals surface area contributed by atoms with Crippen molar-refractivity contribution in [1.29, 1.82) is 0 Å². The number of nitrogens with one attached hydrogen (secondary N) is 1. The van der Waals surface area contributed by atoms with E-state index in [1.807, 2.05) is 20.8 Å². The second-order valence-corrected chi connectivity index (χ2v) is 5.10. The van der Waals surface area contributed by atoms with Gasteiger partial charge in [0.2, 0.25) is 0 Å². The largest absolute Gasteiger partial charge is 0.483 e. The molecule has 0 spiro atoms. The van der Waals surface area contributed by atoms with Crippen molar-refractivity contribution >= 4 is 11.6 Å². The monoisotopic (exact) mass is 296 g/mol. The fourth-order valence-corrected chi connectivity index (χ4v) is 1.55. The van der Waals surface area contributed by atoms with Crippen molar-refractivity contribution in [2.45, 2.75) is 33.4 Å². The molecule has 21 heavy (non-hydrogen) atoms. The van der Waals surface area contributed by atoms with Crippen molar-refractivity contribution < 1.29 is 19.6 Å². The number of amides is 1. The Balaban J connectivity index is 2.67. The molecule has 1 aromatic carbocycles. The standard InChI is InChI=1S/C14H20N2O5/c1-9(2)10(3)15-14(18)8-21-13-5-4-12(16(19)20)6-11(13)7-17/h4-6,9-10,17H,7-8H2,1-3H3,(H,15,18). The molecular formula is C14H20N2O5. The molecular weight excluding hydrogens is 276 g/mol. The van der Waals surface area contributed by atoms with Crippen LogP contribution in [0.2, 0.25) is 0 Å². The van der Waals surface area contributed by atoms with Crippen LogP contribution in [0.1, 0.15) is 26.3 Å². The summed E-state index contributed by atoms with van der Waals surface area (Å²) >= 11 is 0. The van der Waals surface area contributed by atoms with E-state index in [0.717, 1.165) is 0 Å². The summed E-state index contributed by atoms with van der Waals surface area (Å²) in [5, 5.41) is 22.6. The van der Waals surface area contributed by atoms with Gasteiger partial charge < -0.3 is 15.2 Å². The molecule has 116 valence electrons. The van der Waals surface area contributed by atoms with E-state index in [2.05, 4.69) is 5.32 Å². The maximum absolute atomic E-state index is 11.7. The van der Waals surface area contributed by atoms with Crippen LogP contribution in [0.15, 0.2) is 18.2 Å². The lowest BCUT2D eigenvalue weighted by atomic mass is 10.1. The zero-order valence-corrected chi connectivity index (χ0v) is 12.3. The van der Waals surface area contributed by atoms with Crippen molar-refractivity contribution in [3.05, 3.63) is 33.9 Å². The van der Waals surface area contributed by atoms with Gasteiger partial charge in [0.25, 0.3) is 11.6 Å². The number of ether oxygens (including phenoxy) is 1. The van der Waals surface area contributed by atoms with Gasteiger partial charge in [-0.1, -0.05) is 13.8 Å². The van der Waals surface area contributed by atoms with Gasteiger partial charge in [-0.2, -0.15) is 0 Å². The van der Waals surface area contributed by atoms with E-state index in [0.29, 0.717) is 5.92 Å². The van der Waals surface area contributed by atoms with Crippen LogP contribution in [0, 0.1) is 16.0 Å². The number of aliphatic hydroxyl groups is 1. The lowest BCUT2D eigenvalue weighted by Gasteiger charge is -2.17. The van der Waals surface area contributed by atoms with E-state index in [-0.39, 0.29) is 35.6 Å². The van der Waals surface area contributed by atoms with Gasteiger partial charge >= 0.3 is 0 Å². The van der Waals surface area contributed by atoms with Crippen LogP contribution in [0.3, 0.4) is 0 Å². The number of nitro groups is 1. The van der Waals surface area contributed by atoms with Gasteiger partial charge in [-0.15, -0.1) is 0 Å². The van der Waals surface area contributed by atoms with E-state index >= 15 is 0 Å². The second kappa shape index (κ2) is 7.58. The minimum atomic E-state index is -0.556. The number of carbonyl (C=O) groups is 1. The summed E-state index contributed by atoms with van der Waals surface area (Å²) in [6, 6.07) is 3.89. The molecule has 1 atom stereocenters. The molecule has 0 aliphatic carbocycles. The van der Waals surface area contributed by atoms with Gasteiger partial charge in [-0.25, -0.2) is 0 Å². The molecule has 7 heteroatoms. The summed E-state index contributed by atoms with van der Waals surface area (Å²) in [4.78, 5) is 21.8. The summed E-state index contributed by atoms with van der Waals surface area (Å²) in [5.41, 5.74) is 0.137. The molecule has 0 heterocycles. The molecule has 0 fully saturated rings. The number of carbonyl (C=O) groups excluding carboxylic acids is 1. The van der Waals surface area contributed by atoms with Crippen LogP contribution < -0.4 is 10.1 Å². The fourth-order valence-electron chi connectivity index (χ4n) is 1.55. The molecule has 2 N–H and O–H groups in total. The third-order valence-electron chi connectivity index (χ3n) is 3.17. The van der Waals surface area contributed by atoms with E-state index in [1.165, 1.54) is 18.2 Å². The zero-order valence-electron chi connectivity index (χ0n) is 12.3. The minimum absolute atomic E-state index is 0.0234. The highest BCUT2D eigenvalue weighted by Crippen LogP contribution is 2.24. The summed E-state index contributed by atoms with van der Waals surface area (Å²) < 4.78 is 5.31. The molecule has 0 radical (unpaired) electrons. The Labute approximate surface area is 123 Å². The van der Waals surface area contributed by atoms with Crippen LogP contribution in [0.5, 0.6) is 5.75 Å². The molecule has 1 aromatic rings. The van der Waals surface area contributed by atoms with Crippen molar-refractivity contribution in [2.24, 2.45) is 5.92 Å². The lowest BCUT2D eigenvalue weighted by Crippen LogP contribution is -2.39. The molecule has 1 rings (SSSR count). The molecule has 0 aliphatic heterocycles. The van der Waals surface area contributed by atoms with E-state index in [9.17, 15) is 20.0 Å². The van der Waals surface area contributed by atoms with Crippen LogP contribution >= 0.6 is 0 Å². The Morgan fingerprint density at radius 1 is 1.43 bits per heavy atom. The summed E-state index contributed by atoms with van der Waals surface area (Å²) in [6.45, 7) is 5.27. The van der Waals surface area contributed by atoms with Gasteiger partial charge in [0.15, 0.2) is 6.61 Å². The third-order valence-corrected chi connectivity index (χ3v) is 3.17. The van der Waals surface area contributed by atoms with Crippen LogP contribution in [0.4, 0.5) is 5.69 Å². The van der Waals surface area contributed by atoms with Crippen molar-refractivity contribution in [1.82, 2.24) is 5.32 Å². The molecule has 0 saturated heterocycles. The summed E-state index contributed by atoms with van der Waals surface area (Å²) in [7, 11) is 0. The Morgan fingerprint density at radius 3 is 2.62 bits per heavy atom. The molecule has 0 saturated carbocycles. The number of aliphatic hydroxyl groups excluding tert-OH is 1. The Bertz CT molecular complexity index is 516. The van der Waals surface area contributed by atoms with Gasteiger partial charge in [-0.3, -0.25) is 14.9 Å². The number of non-ortho nitro benzene ring substituents is 1. The smallest absolute Gasteiger partial charge is 0.270 e.